The number of hydrogen-bond acceptors (Lipinski definition) is 5. The summed E-state index contributed by atoms with van der Waals surface area (Å²) < 4.78 is 4.62. The van der Waals surface area contributed by atoms with Crippen LogP contribution in [-0.2, 0) is 0 Å². The number of amides is 1. The number of primary amides is 1. The zero-order chi connectivity index (χ0) is 8.97. The molecule has 0 saturated carbocycles. The molecule has 64 valence electrons. The van der Waals surface area contributed by atoms with Gasteiger partial charge in [0.1, 0.15) is 0 Å². The molecule has 0 unspecified atom stereocenters. The predicted molar refractivity (Wildman–Crippen MR) is 40.9 cm³/mol. The van der Waals surface area contributed by atoms with Gasteiger partial charge in [-0.1, -0.05) is 11.2 Å². The summed E-state index contributed by atoms with van der Waals surface area (Å²) in [4.78, 5) is 14.1. The summed E-state index contributed by atoms with van der Waals surface area (Å²) in [7, 11) is 0. The van der Waals surface area contributed by atoms with Crippen molar-refractivity contribution in [2.75, 3.05) is 6.54 Å². The van der Waals surface area contributed by atoms with Crippen molar-refractivity contribution in [1.29, 1.82) is 0 Å². The average Bonchev–Trinajstić information content (AvgIpc) is 2.48. The van der Waals surface area contributed by atoms with Crippen LogP contribution in [0.15, 0.2) is 10.6 Å². The molecule has 1 aromatic heterocycles. The van der Waals surface area contributed by atoms with Crippen LogP contribution in [0.1, 0.15) is 16.5 Å². The third-order valence-electron chi connectivity index (χ3n) is 1.06. The Hall–Kier alpha value is -1.69. The molecule has 0 fully saturated rings. The Morgan fingerprint density at radius 1 is 1.67 bits per heavy atom. The predicted octanol–water partition coefficient (Wildman–Crippen LogP) is -0.860. The number of aromatic nitrogens is 2. The van der Waals surface area contributed by atoms with E-state index in [0.717, 1.165) is 0 Å². The van der Waals surface area contributed by atoms with Crippen LogP contribution in [-0.4, -0.2) is 22.6 Å². The molecule has 0 spiro atoms. The van der Waals surface area contributed by atoms with E-state index in [1.54, 1.807) is 6.08 Å². The van der Waals surface area contributed by atoms with Crippen LogP contribution in [0.4, 0.5) is 0 Å². The van der Waals surface area contributed by atoms with Crippen molar-refractivity contribution >= 4 is 12.0 Å². The van der Waals surface area contributed by atoms with Crippen molar-refractivity contribution in [3.05, 3.63) is 17.8 Å². The molecule has 1 rings (SSSR count). The van der Waals surface area contributed by atoms with Gasteiger partial charge in [0.15, 0.2) is 0 Å². The van der Waals surface area contributed by atoms with Crippen LogP contribution in [0.3, 0.4) is 0 Å². The second kappa shape index (κ2) is 3.63. The molecule has 6 nitrogen and oxygen atoms in total. The lowest BCUT2D eigenvalue weighted by Gasteiger charge is -1.78. The highest BCUT2D eigenvalue weighted by Gasteiger charge is 2.07. The van der Waals surface area contributed by atoms with Gasteiger partial charge in [-0.2, -0.15) is 4.98 Å². The van der Waals surface area contributed by atoms with Gasteiger partial charge >= 0.3 is 0 Å². The van der Waals surface area contributed by atoms with Gasteiger partial charge in [-0.05, 0) is 0 Å². The largest absolute Gasteiger partial charge is 0.363 e. The van der Waals surface area contributed by atoms with E-state index in [1.165, 1.54) is 6.08 Å². The topological polar surface area (TPSA) is 108 Å². The van der Waals surface area contributed by atoms with Gasteiger partial charge in [0.2, 0.25) is 0 Å². The van der Waals surface area contributed by atoms with Crippen molar-refractivity contribution < 1.29 is 9.32 Å². The highest BCUT2D eigenvalue weighted by Crippen LogP contribution is 1.97. The van der Waals surface area contributed by atoms with Crippen LogP contribution >= 0.6 is 0 Å². The van der Waals surface area contributed by atoms with Gasteiger partial charge in [-0.25, -0.2) is 0 Å². The molecule has 0 aliphatic rings. The molecule has 1 aromatic rings. The van der Waals surface area contributed by atoms with Gasteiger partial charge in [0.05, 0.1) is 0 Å². The second-order valence-electron chi connectivity index (χ2n) is 1.96. The lowest BCUT2D eigenvalue weighted by molar-refractivity contribution is 0.0987. The number of carbonyl (C=O) groups is 1. The standard InChI is InChI=1S/C6H8N4O2/c7-3-1-2-4-9-6(5(8)11)10-12-4/h1-2H,3,7H2,(H2,8,11)/b2-1+. The Balaban J connectivity index is 2.77. The maximum atomic E-state index is 10.5. The molecule has 12 heavy (non-hydrogen) atoms. The van der Waals surface area contributed by atoms with Gasteiger partial charge in [0, 0.05) is 12.6 Å². The lowest BCUT2D eigenvalue weighted by atomic mass is 10.5. The molecule has 0 atom stereocenters. The molecule has 0 saturated heterocycles. The fourth-order valence-corrected chi connectivity index (χ4v) is 0.572. The SMILES string of the molecule is NC/C=C/c1nc(C(N)=O)no1. The summed E-state index contributed by atoms with van der Waals surface area (Å²) in [6.07, 6.45) is 3.14. The van der Waals surface area contributed by atoms with Crippen LogP contribution in [0.2, 0.25) is 0 Å². The number of nitrogens with zero attached hydrogens (tertiary/aromatic N) is 2. The minimum atomic E-state index is -0.717. The molecule has 0 aromatic carbocycles. The van der Waals surface area contributed by atoms with Crippen molar-refractivity contribution in [3.63, 3.8) is 0 Å². The van der Waals surface area contributed by atoms with Gasteiger partial charge in [-0.15, -0.1) is 0 Å². The van der Waals surface area contributed by atoms with Crippen LogP contribution in [0.5, 0.6) is 0 Å². The fourth-order valence-electron chi connectivity index (χ4n) is 0.572. The average molecular weight is 168 g/mol. The van der Waals surface area contributed by atoms with Gasteiger partial charge in [-0.3, -0.25) is 4.79 Å². The monoisotopic (exact) mass is 168 g/mol. The fraction of sp³-hybridized carbons (Fsp3) is 0.167. The molecule has 4 N–H and O–H groups in total. The highest BCUT2D eigenvalue weighted by molar-refractivity contribution is 5.88. The van der Waals surface area contributed by atoms with E-state index in [2.05, 4.69) is 14.7 Å². The maximum Gasteiger partial charge on any atom is 0.290 e. The quantitative estimate of drug-likeness (QED) is 0.610. The number of carbonyl (C=O) groups excluding carboxylic acids is 1. The molecule has 6 heteroatoms. The highest BCUT2D eigenvalue weighted by atomic mass is 16.5. The molecular weight excluding hydrogens is 160 g/mol. The Morgan fingerprint density at radius 3 is 2.92 bits per heavy atom. The summed E-state index contributed by atoms with van der Waals surface area (Å²) in [5, 5.41) is 3.32. The zero-order valence-electron chi connectivity index (χ0n) is 6.23. The molecule has 0 aliphatic heterocycles. The minimum absolute atomic E-state index is 0.133. The smallest absolute Gasteiger partial charge is 0.290 e. The van der Waals surface area contributed by atoms with Crippen LogP contribution < -0.4 is 11.5 Å². The Labute approximate surface area is 68.2 Å². The van der Waals surface area contributed by atoms with Crippen LogP contribution in [0, 0.1) is 0 Å². The summed E-state index contributed by atoms with van der Waals surface area (Å²) in [5.74, 6) is -0.632. The van der Waals surface area contributed by atoms with Crippen molar-refractivity contribution in [3.8, 4) is 0 Å². The number of nitrogens with two attached hydrogens (primary N) is 2. The Morgan fingerprint density at radius 2 is 2.42 bits per heavy atom. The zero-order valence-corrected chi connectivity index (χ0v) is 6.23. The third-order valence-corrected chi connectivity index (χ3v) is 1.06. The molecule has 0 radical (unpaired) electrons. The van der Waals surface area contributed by atoms with Crippen molar-refractivity contribution in [2.24, 2.45) is 11.5 Å². The Bertz CT molecular complexity index is 304. The third kappa shape index (κ3) is 1.89. The maximum absolute atomic E-state index is 10.5. The lowest BCUT2D eigenvalue weighted by Crippen LogP contribution is -2.12. The van der Waals surface area contributed by atoms with Crippen LogP contribution in [0.25, 0.3) is 6.08 Å². The first-order valence-electron chi connectivity index (χ1n) is 3.24. The van der Waals surface area contributed by atoms with E-state index >= 15 is 0 Å². The summed E-state index contributed by atoms with van der Waals surface area (Å²) in [6, 6.07) is 0. The summed E-state index contributed by atoms with van der Waals surface area (Å²) in [5.41, 5.74) is 10.1. The normalized spacial score (nSPS) is 10.8. The van der Waals surface area contributed by atoms with E-state index in [9.17, 15) is 4.79 Å². The second-order valence-corrected chi connectivity index (χ2v) is 1.96. The van der Waals surface area contributed by atoms with Gasteiger partial charge < -0.3 is 16.0 Å². The first-order valence-corrected chi connectivity index (χ1v) is 3.24. The molecule has 0 bridgehead atoms. The first-order chi connectivity index (χ1) is 5.74. The molecular formula is C6H8N4O2. The van der Waals surface area contributed by atoms with E-state index in [0.29, 0.717) is 6.54 Å². The van der Waals surface area contributed by atoms with E-state index in [-0.39, 0.29) is 11.7 Å². The van der Waals surface area contributed by atoms with Gasteiger partial charge in [0.25, 0.3) is 17.6 Å². The first kappa shape index (κ1) is 8.41. The molecule has 1 amide bonds. The minimum Gasteiger partial charge on any atom is -0.363 e. The molecule has 1 heterocycles. The van der Waals surface area contributed by atoms with Crippen molar-refractivity contribution in [1.82, 2.24) is 10.1 Å². The van der Waals surface area contributed by atoms with E-state index in [1.807, 2.05) is 0 Å². The number of hydrogen-bond donors (Lipinski definition) is 2. The van der Waals surface area contributed by atoms with E-state index in [4.69, 9.17) is 11.5 Å². The Kier molecular flexibility index (Phi) is 2.54. The van der Waals surface area contributed by atoms with E-state index < -0.39 is 5.91 Å². The summed E-state index contributed by atoms with van der Waals surface area (Å²) in [6.45, 7) is 0.369. The molecule has 0 aliphatic carbocycles. The number of rotatable bonds is 3. The summed E-state index contributed by atoms with van der Waals surface area (Å²) >= 11 is 0. The van der Waals surface area contributed by atoms with Crippen molar-refractivity contribution in [2.45, 2.75) is 0 Å².